The number of methoxy groups -OCH3 is 1. The molecule has 0 aliphatic carbocycles. The van der Waals surface area contributed by atoms with Gasteiger partial charge in [0.25, 0.3) is 5.91 Å². The predicted octanol–water partition coefficient (Wildman–Crippen LogP) is 2.52. The molecule has 1 heterocycles. The van der Waals surface area contributed by atoms with Crippen LogP contribution in [-0.2, 0) is 19.6 Å². The Labute approximate surface area is 162 Å². The van der Waals surface area contributed by atoms with Crippen LogP contribution in [0.3, 0.4) is 0 Å². The van der Waals surface area contributed by atoms with Crippen molar-refractivity contribution in [2.24, 2.45) is 5.10 Å². The van der Waals surface area contributed by atoms with Crippen LogP contribution in [0.4, 0.5) is 10.1 Å². The van der Waals surface area contributed by atoms with Gasteiger partial charge in [-0.25, -0.2) is 17.8 Å². The van der Waals surface area contributed by atoms with Crippen LogP contribution in [0.25, 0.3) is 0 Å². The van der Waals surface area contributed by atoms with Crippen LogP contribution in [0.15, 0.2) is 53.6 Å². The maximum Gasteiger partial charge on any atom is 0.269 e. The van der Waals surface area contributed by atoms with E-state index in [4.69, 9.17) is 4.74 Å². The molecule has 1 N–H and O–H groups in total. The molecule has 7 nitrogen and oxygen atoms in total. The molecule has 0 saturated carbocycles. The first-order valence-corrected chi connectivity index (χ1v) is 10.4. The predicted molar refractivity (Wildman–Crippen MR) is 104 cm³/mol. The van der Waals surface area contributed by atoms with Crippen LogP contribution in [-0.4, -0.2) is 45.0 Å². The minimum Gasteiger partial charge on any atom is -0.375 e. The molecule has 0 spiro atoms. The van der Waals surface area contributed by atoms with Crippen molar-refractivity contribution in [3.8, 4) is 0 Å². The summed E-state index contributed by atoms with van der Waals surface area (Å²) in [7, 11) is -1.99. The number of nitrogens with one attached hydrogen (secondary N) is 1. The number of hydrazone groups is 1. The van der Waals surface area contributed by atoms with E-state index in [1.807, 2.05) is 0 Å². The number of halogens is 1. The van der Waals surface area contributed by atoms with Crippen molar-refractivity contribution in [1.29, 1.82) is 0 Å². The Morgan fingerprint density at radius 2 is 2.00 bits per heavy atom. The van der Waals surface area contributed by atoms with Gasteiger partial charge in [0, 0.05) is 19.2 Å². The molecule has 2 aromatic rings. The zero-order chi connectivity index (χ0) is 20.3. The van der Waals surface area contributed by atoms with Crippen LogP contribution in [0.5, 0.6) is 0 Å². The fourth-order valence-electron chi connectivity index (χ4n) is 3.03. The summed E-state index contributed by atoms with van der Waals surface area (Å²) < 4.78 is 43.6. The monoisotopic (exact) mass is 405 g/mol. The molecule has 1 atom stereocenters. The third-order valence-electron chi connectivity index (χ3n) is 4.19. The van der Waals surface area contributed by atoms with Gasteiger partial charge in [0.1, 0.15) is 12.4 Å². The maximum absolute atomic E-state index is 13.3. The van der Waals surface area contributed by atoms with Crippen LogP contribution in [0.1, 0.15) is 23.6 Å². The van der Waals surface area contributed by atoms with Gasteiger partial charge >= 0.3 is 0 Å². The lowest BCUT2D eigenvalue weighted by molar-refractivity contribution is -0.137. The molecular weight excluding hydrogens is 385 g/mol. The fourth-order valence-corrected chi connectivity index (χ4v) is 3.58. The molecule has 3 rings (SSSR count). The second-order valence-electron chi connectivity index (χ2n) is 6.44. The number of ether oxygens (including phenoxy) is 1. The number of carbonyl (C=O) groups is 1. The summed E-state index contributed by atoms with van der Waals surface area (Å²) in [4.78, 5) is 12.5. The van der Waals surface area contributed by atoms with Crippen LogP contribution in [0, 0.1) is 5.82 Å². The second kappa shape index (κ2) is 8.07. The molecule has 9 heteroatoms. The van der Waals surface area contributed by atoms with Crippen molar-refractivity contribution in [3.63, 3.8) is 0 Å². The van der Waals surface area contributed by atoms with Crippen molar-refractivity contribution in [2.75, 3.05) is 24.7 Å². The Bertz CT molecular complexity index is 1010. The quantitative estimate of drug-likeness (QED) is 0.800. The average Bonchev–Trinajstić information content (AvgIpc) is 3.07. The van der Waals surface area contributed by atoms with Gasteiger partial charge in [0.2, 0.25) is 10.0 Å². The molecule has 0 saturated heterocycles. The topological polar surface area (TPSA) is 88.1 Å². The largest absolute Gasteiger partial charge is 0.375 e. The first-order valence-electron chi connectivity index (χ1n) is 8.49. The number of benzene rings is 2. The summed E-state index contributed by atoms with van der Waals surface area (Å²) in [6.07, 6.45) is 1.48. The van der Waals surface area contributed by atoms with E-state index in [0.717, 1.165) is 11.8 Å². The Kier molecular flexibility index (Phi) is 5.76. The molecule has 1 amide bonds. The molecule has 2 aromatic carbocycles. The molecule has 0 bridgehead atoms. The number of hydrogen-bond donors (Lipinski definition) is 1. The van der Waals surface area contributed by atoms with E-state index in [1.54, 1.807) is 36.4 Å². The lowest BCUT2D eigenvalue weighted by Crippen LogP contribution is -2.30. The first kappa shape index (κ1) is 20.0. The summed E-state index contributed by atoms with van der Waals surface area (Å²) in [5, 5.41) is 5.78. The van der Waals surface area contributed by atoms with Gasteiger partial charge in [-0.15, -0.1) is 0 Å². The Morgan fingerprint density at radius 3 is 2.64 bits per heavy atom. The van der Waals surface area contributed by atoms with E-state index in [0.29, 0.717) is 23.4 Å². The molecule has 1 aliphatic rings. The van der Waals surface area contributed by atoms with E-state index >= 15 is 0 Å². The molecule has 0 fully saturated rings. The van der Waals surface area contributed by atoms with Gasteiger partial charge in [-0.3, -0.25) is 9.52 Å². The SMILES string of the molecule is COCC(=O)N1N=C(c2cccc(NS(C)(=O)=O)c2)CC1c1ccc(F)cc1. The van der Waals surface area contributed by atoms with Crippen molar-refractivity contribution in [1.82, 2.24) is 5.01 Å². The molecule has 0 aromatic heterocycles. The standard InChI is InChI=1S/C19H20FN3O4S/c1-27-12-19(24)23-18(13-6-8-15(20)9-7-13)11-17(21-23)14-4-3-5-16(10-14)22-28(2,25)26/h3-10,18,22H,11-12H2,1-2H3. The Balaban J connectivity index is 1.93. The van der Waals surface area contributed by atoms with Crippen molar-refractivity contribution in [3.05, 3.63) is 65.5 Å². The smallest absolute Gasteiger partial charge is 0.269 e. The van der Waals surface area contributed by atoms with Gasteiger partial charge in [0.15, 0.2) is 0 Å². The van der Waals surface area contributed by atoms with Gasteiger partial charge in [-0.05, 0) is 35.4 Å². The second-order valence-corrected chi connectivity index (χ2v) is 8.19. The summed E-state index contributed by atoms with van der Waals surface area (Å²) in [5.74, 6) is -0.686. The van der Waals surface area contributed by atoms with E-state index < -0.39 is 16.1 Å². The third kappa shape index (κ3) is 4.73. The highest BCUT2D eigenvalue weighted by Gasteiger charge is 2.33. The number of sulfonamides is 1. The summed E-state index contributed by atoms with van der Waals surface area (Å²) in [6, 6.07) is 12.3. The van der Waals surface area contributed by atoms with Gasteiger partial charge in [-0.1, -0.05) is 24.3 Å². The lowest BCUT2D eigenvalue weighted by Gasteiger charge is -2.21. The number of nitrogens with zero attached hydrogens (tertiary/aromatic N) is 2. The minimum absolute atomic E-state index is 0.135. The molecule has 1 unspecified atom stereocenters. The molecule has 148 valence electrons. The van der Waals surface area contributed by atoms with Crippen molar-refractivity contribution < 1.29 is 22.3 Å². The van der Waals surface area contributed by atoms with Crippen molar-refractivity contribution in [2.45, 2.75) is 12.5 Å². The van der Waals surface area contributed by atoms with E-state index in [1.165, 1.54) is 24.3 Å². The van der Waals surface area contributed by atoms with E-state index in [2.05, 4.69) is 9.82 Å². The Hall–Kier alpha value is -2.78. The number of hydrogen-bond acceptors (Lipinski definition) is 5. The van der Waals surface area contributed by atoms with E-state index in [-0.39, 0.29) is 18.3 Å². The first-order chi connectivity index (χ1) is 13.3. The maximum atomic E-state index is 13.3. The zero-order valence-electron chi connectivity index (χ0n) is 15.4. The summed E-state index contributed by atoms with van der Waals surface area (Å²) >= 11 is 0. The highest BCUT2D eigenvalue weighted by molar-refractivity contribution is 7.92. The normalized spacial score (nSPS) is 16.8. The van der Waals surface area contributed by atoms with Crippen LogP contribution < -0.4 is 4.72 Å². The molecule has 0 radical (unpaired) electrons. The molecule has 28 heavy (non-hydrogen) atoms. The van der Waals surface area contributed by atoms with Gasteiger partial charge in [0.05, 0.1) is 18.0 Å². The van der Waals surface area contributed by atoms with Gasteiger partial charge in [-0.2, -0.15) is 5.10 Å². The number of carbonyl (C=O) groups excluding carboxylic acids is 1. The fraction of sp³-hybridized carbons (Fsp3) is 0.263. The third-order valence-corrected chi connectivity index (χ3v) is 4.79. The minimum atomic E-state index is -3.41. The highest BCUT2D eigenvalue weighted by atomic mass is 32.2. The van der Waals surface area contributed by atoms with Gasteiger partial charge < -0.3 is 4.74 Å². The summed E-state index contributed by atoms with van der Waals surface area (Å²) in [5.41, 5.74) is 2.46. The van der Waals surface area contributed by atoms with Crippen LogP contribution in [0.2, 0.25) is 0 Å². The average molecular weight is 405 g/mol. The highest BCUT2D eigenvalue weighted by Crippen LogP contribution is 2.33. The lowest BCUT2D eigenvalue weighted by atomic mass is 9.98. The summed E-state index contributed by atoms with van der Waals surface area (Å²) in [6.45, 7) is -0.135. The zero-order valence-corrected chi connectivity index (χ0v) is 16.2. The van der Waals surface area contributed by atoms with Crippen molar-refractivity contribution >= 4 is 27.3 Å². The molecule has 1 aliphatic heterocycles. The number of anilines is 1. The van der Waals surface area contributed by atoms with E-state index in [9.17, 15) is 17.6 Å². The number of amides is 1. The Morgan fingerprint density at radius 1 is 1.29 bits per heavy atom. The van der Waals surface area contributed by atoms with Crippen LogP contribution >= 0.6 is 0 Å². The molecular formula is C19H20FN3O4S. The number of rotatable bonds is 6.